The molecule has 0 bridgehead atoms. The van der Waals surface area contributed by atoms with Crippen molar-refractivity contribution in [1.82, 2.24) is 0 Å². The average molecular weight is 397 g/mol. The summed E-state index contributed by atoms with van der Waals surface area (Å²) >= 11 is 5.58. The average Bonchev–Trinajstić information content (AvgIpc) is 2.97. The van der Waals surface area contributed by atoms with Crippen LogP contribution in [0.1, 0.15) is 17.5 Å². The first-order chi connectivity index (χ1) is 12.6. The van der Waals surface area contributed by atoms with Crippen LogP contribution in [0.2, 0.25) is 5.02 Å². The fraction of sp³-hybridized carbons (Fsp3) is 0.263. The Bertz CT molecular complexity index is 899. The maximum Gasteiger partial charge on any atom is 0.417 e. The zero-order valence-electron chi connectivity index (χ0n) is 14.3. The van der Waals surface area contributed by atoms with Crippen LogP contribution in [0, 0.1) is 12.8 Å². The molecule has 0 saturated carbocycles. The zero-order chi connectivity index (χ0) is 19.8. The molecule has 4 nitrogen and oxygen atoms in total. The van der Waals surface area contributed by atoms with E-state index in [-0.39, 0.29) is 24.6 Å². The van der Waals surface area contributed by atoms with Crippen LogP contribution in [0.15, 0.2) is 42.5 Å². The molecule has 1 unspecified atom stereocenters. The van der Waals surface area contributed by atoms with Crippen LogP contribution < -0.4 is 10.2 Å². The third kappa shape index (κ3) is 4.24. The van der Waals surface area contributed by atoms with Gasteiger partial charge in [-0.1, -0.05) is 23.7 Å². The Balaban J connectivity index is 1.73. The molecule has 1 fully saturated rings. The molecular formula is C19H16ClF3N2O2. The molecule has 1 aliphatic heterocycles. The first-order valence-electron chi connectivity index (χ1n) is 8.20. The number of hydrogen-bond donors (Lipinski definition) is 1. The van der Waals surface area contributed by atoms with Gasteiger partial charge in [0, 0.05) is 24.3 Å². The second-order valence-electron chi connectivity index (χ2n) is 6.43. The summed E-state index contributed by atoms with van der Waals surface area (Å²) in [5.41, 5.74) is 0.638. The number of nitrogens with zero attached hydrogens (tertiary/aromatic N) is 1. The van der Waals surface area contributed by atoms with E-state index in [1.807, 2.05) is 25.1 Å². The van der Waals surface area contributed by atoms with Gasteiger partial charge in [0.05, 0.1) is 16.5 Å². The molecule has 27 heavy (non-hydrogen) atoms. The topological polar surface area (TPSA) is 49.4 Å². The summed E-state index contributed by atoms with van der Waals surface area (Å²) in [5.74, 6) is -1.36. The number of nitrogens with one attached hydrogen (secondary N) is 1. The summed E-state index contributed by atoms with van der Waals surface area (Å²) in [6, 6.07) is 10.5. The number of benzene rings is 2. The number of anilines is 2. The SMILES string of the molecule is Cc1cccc(N2CC(C(=O)Nc3ccc(Cl)c(C(F)(F)F)c3)CC2=O)c1. The summed E-state index contributed by atoms with van der Waals surface area (Å²) in [5, 5.41) is 2.01. The number of hydrogen-bond acceptors (Lipinski definition) is 2. The van der Waals surface area contributed by atoms with Crippen molar-refractivity contribution in [3.63, 3.8) is 0 Å². The minimum Gasteiger partial charge on any atom is -0.326 e. The molecule has 0 radical (unpaired) electrons. The smallest absolute Gasteiger partial charge is 0.326 e. The highest BCUT2D eigenvalue weighted by molar-refractivity contribution is 6.31. The first-order valence-corrected chi connectivity index (χ1v) is 8.57. The monoisotopic (exact) mass is 396 g/mol. The highest BCUT2D eigenvalue weighted by atomic mass is 35.5. The van der Waals surface area contributed by atoms with E-state index >= 15 is 0 Å². The summed E-state index contributed by atoms with van der Waals surface area (Å²) in [4.78, 5) is 26.2. The summed E-state index contributed by atoms with van der Waals surface area (Å²) < 4.78 is 38.8. The van der Waals surface area contributed by atoms with E-state index < -0.39 is 28.6 Å². The second-order valence-corrected chi connectivity index (χ2v) is 6.83. The quantitative estimate of drug-likeness (QED) is 0.820. The molecule has 0 aliphatic carbocycles. The van der Waals surface area contributed by atoms with Crippen molar-refractivity contribution in [3.8, 4) is 0 Å². The predicted molar refractivity (Wildman–Crippen MR) is 96.7 cm³/mol. The van der Waals surface area contributed by atoms with Gasteiger partial charge in [0.1, 0.15) is 0 Å². The maximum absolute atomic E-state index is 12.9. The van der Waals surface area contributed by atoms with Gasteiger partial charge in [-0.2, -0.15) is 13.2 Å². The highest BCUT2D eigenvalue weighted by Gasteiger charge is 2.36. The number of amides is 2. The van der Waals surface area contributed by atoms with Crippen molar-refractivity contribution >= 4 is 34.8 Å². The Morgan fingerprint density at radius 1 is 1.22 bits per heavy atom. The molecule has 1 heterocycles. The van der Waals surface area contributed by atoms with Gasteiger partial charge in [0.15, 0.2) is 0 Å². The van der Waals surface area contributed by atoms with E-state index in [0.717, 1.165) is 17.7 Å². The van der Waals surface area contributed by atoms with Crippen LogP contribution in [0.3, 0.4) is 0 Å². The lowest BCUT2D eigenvalue weighted by Gasteiger charge is -2.17. The van der Waals surface area contributed by atoms with Crippen molar-refractivity contribution in [1.29, 1.82) is 0 Å². The third-order valence-electron chi connectivity index (χ3n) is 4.35. The molecule has 0 aromatic heterocycles. The lowest BCUT2D eigenvalue weighted by Crippen LogP contribution is -2.28. The van der Waals surface area contributed by atoms with Gasteiger partial charge < -0.3 is 10.2 Å². The van der Waals surface area contributed by atoms with Gasteiger partial charge in [-0.15, -0.1) is 0 Å². The van der Waals surface area contributed by atoms with Crippen molar-refractivity contribution in [3.05, 3.63) is 58.6 Å². The van der Waals surface area contributed by atoms with Crippen LogP contribution in [-0.4, -0.2) is 18.4 Å². The van der Waals surface area contributed by atoms with Crippen molar-refractivity contribution < 1.29 is 22.8 Å². The minimum atomic E-state index is -4.62. The normalized spacial score (nSPS) is 17.3. The molecule has 8 heteroatoms. The Morgan fingerprint density at radius 2 is 1.96 bits per heavy atom. The molecular weight excluding hydrogens is 381 g/mol. The predicted octanol–water partition coefficient (Wildman–Crippen LogP) is 4.66. The van der Waals surface area contributed by atoms with Crippen molar-refractivity contribution in [2.24, 2.45) is 5.92 Å². The largest absolute Gasteiger partial charge is 0.417 e. The van der Waals surface area contributed by atoms with E-state index in [4.69, 9.17) is 11.6 Å². The minimum absolute atomic E-state index is 0.000503. The molecule has 1 aliphatic rings. The fourth-order valence-electron chi connectivity index (χ4n) is 2.99. The second kappa shape index (κ2) is 7.23. The molecule has 1 atom stereocenters. The van der Waals surface area contributed by atoms with E-state index in [1.54, 1.807) is 6.07 Å². The molecule has 2 aromatic rings. The maximum atomic E-state index is 12.9. The lowest BCUT2D eigenvalue weighted by atomic mass is 10.1. The highest BCUT2D eigenvalue weighted by Crippen LogP contribution is 2.36. The first kappa shape index (κ1) is 19.2. The Hall–Kier alpha value is -2.54. The van der Waals surface area contributed by atoms with E-state index in [9.17, 15) is 22.8 Å². The van der Waals surface area contributed by atoms with Gasteiger partial charge in [-0.25, -0.2) is 0 Å². The molecule has 1 saturated heterocycles. The number of carbonyl (C=O) groups is 2. The van der Waals surface area contributed by atoms with Gasteiger partial charge in [0.25, 0.3) is 0 Å². The van der Waals surface area contributed by atoms with Crippen LogP contribution in [0.5, 0.6) is 0 Å². The zero-order valence-corrected chi connectivity index (χ0v) is 15.1. The molecule has 3 rings (SSSR count). The molecule has 0 spiro atoms. The van der Waals surface area contributed by atoms with Crippen molar-refractivity contribution in [2.75, 3.05) is 16.8 Å². The Kier molecular flexibility index (Phi) is 5.15. The molecule has 2 aromatic carbocycles. The van der Waals surface area contributed by atoms with Gasteiger partial charge >= 0.3 is 6.18 Å². The molecule has 2 amide bonds. The number of alkyl halides is 3. The number of carbonyl (C=O) groups excluding carboxylic acids is 2. The number of aryl methyl sites for hydroxylation is 1. The third-order valence-corrected chi connectivity index (χ3v) is 4.68. The van der Waals surface area contributed by atoms with Gasteiger partial charge in [-0.3, -0.25) is 9.59 Å². The van der Waals surface area contributed by atoms with Crippen LogP contribution in [0.4, 0.5) is 24.5 Å². The summed E-state index contributed by atoms with van der Waals surface area (Å²) in [7, 11) is 0. The standard InChI is InChI=1S/C19H16ClF3N2O2/c1-11-3-2-4-14(7-11)25-10-12(8-17(25)26)18(27)24-13-5-6-16(20)15(9-13)19(21,22)23/h2-7,9,12H,8,10H2,1H3,(H,24,27). The summed E-state index contributed by atoms with van der Waals surface area (Å²) in [6.07, 6.45) is -4.62. The summed E-state index contributed by atoms with van der Waals surface area (Å²) in [6.45, 7) is 2.07. The van der Waals surface area contributed by atoms with Gasteiger partial charge in [0.2, 0.25) is 11.8 Å². The van der Waals surface area contributed by atoms with Crippen molar-refractivity contribution in [2.45, 2.75) is 19.5 Å². The fourth-order valence-corrected chi connectivity index (χ4v) is 3.22. The van der Waals surface area contributed by atoms with E-state index in [2.05, 4.69) is 5.32 Å². The lowest BCUT2D eigenvalue weighted by molar-refractivity contribution is -0.137. The molecule has 1 N–H and O–H groups in total. The van der Waals surface area contributed by atoms with E-state index in [1.165, 1.54) is 11.0 Å². The molecule has 142 valence electrons. The van der Waals surface area contributed by atoms with Gasteiger partial charge in [-0.05, 0) is 42.8 Å². The number of halogens is 4. The Morgan fingerprint density at radius 3 is 2.63 bits per heavy atom. The Labute approximate surface area is 158 Å². The van der Waals surface area contributed by atoms with Crippen LogP contribution in [0.25, 0.3) is 0 Å². The van der Waals surface area contributed by atoms with Crippen LogP contribution >= 0.6 is 11.6 Å². The van der Waals surface area contributed by atoms with Crippen LogP contribution in [-0.2, 0) is 15.8 Å². The van der Waals surface area contributed by atoms with E-state index in [0.29, 0.717) is 5.69 Å². The number of rotatable bonds is 3.